The molecule has 1 aliphatic rings. The summed E-state index contributed by atoms with van der Waals surface area (Å²) in [5.74, 6) is 0.730. The number of fused-ring (bicyclic) bond motifs is 3. The number of benzene rings is 1. The number of aryl methyl sites for hydroxylation is 1. The topological polar surface area (TPSA) is 52.0 Å². The van der Waals surface area contributed by atoms with E-state index in [-0.39, 0.29) is 16.2 Å². The van der Waals surface area contributed by atoms with E-state index < -0.39 is 0 Å². The zero-order valence-corrected chi connectivity index (χ0v) is 17.9. The van der Waals surface area contributed by atoms with E-state index in [1.165, 1.54) is 11.3 Å². The molecule has 4 aromatic rings. The van der Waals surface area contributed by atoms with Crippen LogP contribution in [0.3, 0.4) is 0 Å². The molecule has 1 aromatic carbocycles. The fraction of sp³-hybridized carbons (Fsp3) is 0.190. The first-order valence-electron chi connectivity index (χ1n) is 8.96. The molecule has 4 nitrogen and oxygen atoms in total. The van der Waals surface area contributed by atoms with Crippen LogP contribution in [0, 0.1) is 0 Å². The highest BCUT2D eigenvalue weighted by molar-refractivity contribution is 9.10. The van der Waals surface area contributed by atoms with Crippen molar-refractivity contribution < 1.29 is 4.79 Å². The maximum absolute atomic E-state index is 13.6. The highest BCUT2D eigenvalue weighted by Crippen LogP contribution is 2.37. The number of Topliss-reactive ketones (excluding diaryl/α,β-unsaturated/α-hetero) is 1. The second-order valence-electron chi connectivity index (χ2n) is 6.75. The SMILES string of the molecule is O=C1c2sc3nc(-c4cccs4)n(Cc4ccccc4)c(=O)c3c2CCC1Br. The van der Waals surface area contributed by atoms with Gasteiger partial charge in [-0.05, 0) is 35.4 Å². The van der Waals surface area contributed by atoms with Crippen molar-refractivity contribution in [1.82, 2.24) is 9.55 Å². The van der Waals surface area contributed by atoms with Crippen molar-refractivity contribution in [2.45, 2.75) is 24.2 Å². The molecule has 1 atom stereocenters. The largest absolute Gasteiger partial charge is 0.292 e. The lowest BCUT2D eigenvalue weighted by molar-refractivity contribution is 0.0986. The van der Waals surface area contributed by atoms with Crippen LogP contribution in [0.15, 0.2) is 52.6 Å². The zero-order chi connectivity index (χ0) is 19.3. The Balaban J connectivity index is 1.79. The Morgan fingerprint density at radius 1 is 1.14 bits per heavy atom. The van der Waals surface area contributed by atoms with Crippen molar-refractivity contribution >= 4 is 54.6 Å². The minimum atomic E-state index is -0.170. The molecule has 1 unspecified atom stereocenters. The summed E-state index contributed by atoms with van der Waals surface area (Å²) in [6, 6.07) is 13.9. The van der Waals surface area contributed by atoms with Crippen LogP contribution in [0.1, 0.15) is 27.2 Å². The summed E-state index contributed by atoms with van der Waals surface area (Å²) in [5, 5.41) is 2.60. The van der Waals surface area contributed by atoms with Crippen LogP contribution < -0.4 is 5.56 Å². The molecule has 0 bridgehead atoms. The van der Waals surface area contributed by atoms with Crippen LogP contribution >= 0.6 is 38.6 Å². The Morgan fingerprint density at radius 2 is 1.96 bits per heavy atom. The quantitative estimate of drug-likeness (QED) is 0.390. The van der Waals surface area contributed by atoms with Crippen molar-refractivity contribution in [2.75, 3.05) is 0 Å². The molecule has 0 N–H and O–H groups in total. The van der Waals surface area contributed by atoms with E-state index in [1.54, 1.807) is 15.9 Å². The predicted molar refractivity (Wildman–Crippen MR) is 118 cm³/mol. The van der Waals surface area contributed by atoms with Gasteiger partial charge in [0.2, 0.25) is 0 Å². The van der Waals surface area contributed by atoms with Crippen LogP contribution in [-0.4, -0.2) is 20.2 Å². The average molecular weight is 471 g/mol. The van der Waals surface area contributed by atoms with Gasteiger partial charge in [-0.2, -0.15) is 0 Å². The first-order chi connectivity index (χ1) is 13.6. The van der Waals surface area contributed by atoms with Crippen LogP contribution in [0.4, 0.5) is 0 Å². The summed E-state index contributed by atoms with van der Waals surface area (Å²) >= 11 is 6.37. The van der Waals surface area contributed by atoms with Gasteiger partial charge in [0.1, 0.15) is 4.83 Å². The molecule has 0 saturated heterocycles. The Kier molecular flexibility index (Phi) is 4.53. The second-order valence-corrected chi connectivity index (χ2v) is 9.80. The van der Waals surface area contributed by atoms with Crippen molar-refractivity contribution in [2.24, 2.45) is 0 Å². The van der Waals surface area contributed by atoms with Gasteiger partial charge in [-0.3, -0.25) is 14.2 Å². The number of nitrogens with zero attached hydrogens (tertiary/aromatic N) is 2. The average Bonchev–Trinajstić information content (AvgIpc) is 3.36. The van der Waals surface area contributed by atoms with E-state index in [2.05, 4.69) is 15.9 Å². The second kappa shape index (κ2) is 7.06. The number of halogens is 1. The Morgan fingerprint density at radius 3 is 2.71 bits per heavy atom. The van der Waals surface area contributed by atoms with Crippen LogP contribution in [-0.2, 0) is 13.0 Å². The Bertz CT molecular complexity index is 1240. The maximum atomic E-state index is 13.6. The number of aromatic nitrogens is 2. The summed E-state index contributed by atoms with van der Waals surface area (Å²) in [7, 11) is 0. The zero-order valence-electron chi connectivity index (χ0n) is 14.7. The van der Waals surface area contributed by atoms with Gasteiger partial charge in [0.05, 0.1) is 26.5 Å². The maximum Gasteiger partial charge on any atom is 0.263 e. The van der Waals surface area contributed by atoms with Gasteiger partial charge in [-0.15, -0.1) is 22.7 Å². The standard InChI is InChI=1S/C21H15BrN2O2S2/c22-14-9-8-13-16-20(28-18(13)17(14)25)23-19(15-7-4-10-27-15)24(21(16)26)11-12-5-2-1-3-6-12/h1-7,10,14H,8-9,11H2. The molecule has 3 heterocycles. The number of carbonyl (C=O) groups is 1. The number of thiophene rings is 2. The van der Waals surface area contributed by atoms with Crippen molar-refractivity contribution in [3.8, 4) is 10.7 Å². The molecule has 0 radical (unpaired) electrons. The molecular weight excluding hydrogens is 456 g/mol. The third-order valence-electron chi connectivity index (χ3n) is 4.99. The third-order valence-corrected chi connectivity index (χ3v) is 7.87. The molecule has 0 fully saturated rings. The Labute approximate surface area is 177 Å². The predicted octanol–water partition coefficient (Wildman–Crippen LogP) is 5.13. The summed E-state index contributed by atoms with van der Waals surface area (Å²) in [5.41, 5.74) is 1.86. The lowest BCUT2D eigenvalue weighted by Gasteiger charge is -2.15. The van der Waals surface area contributed by atoms with Gasteiger partial charge >= 0.3 is 0 Å². The molecular formula is C21H15BrN2O2S2. The summed E-state index contributed by atoms with van der Waals surface area (Å²) in [6.07, 6.45) is 1.43. The minimum absolute atomic E-state index is 0.0597. The molecule has 0 spiro atoms. The first-order valence-corrected chi connectivity index (χ1v) is 11.6. The molecule has 0 saturated carbocycles. The molecule has 28 heavy (non-hydrogen) atoms. The lowest BCUT2D eigenvalue weighted by atomic mass is 9.96. The summed E-state index contributed by atoms with van der Waals surface area (Å²) in [6.45, 7) is 0.454. The molecule has 140 valence electrons. The van der Waals surface area contributed by atoms with E-state index in [4.69, 9.17) is 4.98 Å². The van der Waals surface area contributed by atoms with Crippen molar-refractivity contribution in [3.05, 3.63) is 74.2 Å². The van der Waals surface area contributed by atoms with Gasteiger partial charge in [-0.25, -0.2) is 4.98 Å². The number of carbonyl (C=O) groups excluding carboxylic acids is 1. The van der Waals surface area contributed by atoms with Gasteiger partial charge < -0.3 is 0 Å². The van der Waals surface area contributed by atoms with Gasteiger partial charge in [-0.1, -0.05) is 52.3 Å². The van der Waals surface area contributed by atoms with E-state index in [1.807, 2.05) is 47.8 Å². The number of hydrogen-bond acceptors (Lipinski definition) is 5. The number of hydrogen-bond donors (Lipinski definition) is 0. The van der Waals surface area contributed by atoms with E-state index >= 15 is 0 Å². The lowest BCUT2D eigenvalue weighted by Crippen LogP contribution is -2.25. The van der Waals surface area contributed by atoms with Crippen molar-refractivity contribution in [3.63, 3.8) is 0 Å². The van der Waals surface area contributed by atoms with E-state index in [9.17, 15) is 9.59 Å². The van der Waals surface area contributed by atoms with Crippen molar-refractivity contribution in [1.29, 1.82) is 0 Å². The third kappa shape index (κ3) is 2.89. The summed E-state index contributed by atoms with van der Waals surface area (Å²) < 4.78 is 1.75. The molecule has 0 aliphatic heterocycles. The van der Waals surface area contributed by atoms with E-state index in [0.29, 0.717) is 33.9 Å². The Hall–Kier alpha value is -2.09. The highest BCUT2D eigenvalue weighted by Gasteiger charge is 2.31. The van der Waals surface area contributed by atoms with Gasteiger partial charge in [0, 0.05) is 0 Å². The molecule has 0 amide bonds. The normalized spacial score (nSPS) is 16.5. The summed E-state index contributed by atoms with van der Waals surface area (Å²) in [4.78, 5) is 33.2. The first kappa shape index (κ1) is 18.0. The molecule has 1 aliphatic carbocycles. The molecule has 5 rings (SSSR count). The number of alkyl halides is 1. The highest BCUT2D eigenvalue weighted by atomic mass is 79.9. The monoisotopic (exact) mass is 470 g/mol. The van der Waals surface area contributed by atoms with Crippen LogP contribution in [0.25, 0.3) is 20.9 Å². The van der Waals surface area contributed by atoms with Crippen LogP contribution in [0.2, 0.25) is 0 Å². The minimum Gasteiger partial charge on any atom is -0.292 e. The number of rotatable bonds is 3. The molecule has 7 heteroatoms. The van der Waals surface area contributed by atoms with E-state index in [0.717, 1.165) is 22.4 Å². The smallest absolute Gasteiger partial charge is 0.263 e. The fourth-order valence-electron chi connectivity index (χ4n) is 3.63. The van der Waals surface area contributed by atoms with Crippen LogP contribution in [0.5, 0.6) is 0 Å². The molecule has 3 aromatic heterocycles. The number of ketones is 1. The fourth-order valence-corrected chi connectivity index (χ4v) is 6.17. The van der Waals surface area contributed by atoms with Gasteiger partial charge in [0.25, 0.3) is 5.56 Å². The van der Waals surface area contributed by atoms with Gasteiger partial charge in [0.15, 0.2) is 11.6 Å².